The number of rotatable bonds is 9. The zero-order valence-corrected chi connectivity index (χ0v) is 18.3. The van der Waals surface area contributed by atoms with Crippen LogP contribution in [0.25, 0.3) is 0 Å². The van der Waals surface area contributed by atoms with Crippen molar-refractivity contribution in [1.29, 1.82) is 0 Å². The Balaban J connectivity index is 1.83. The summed E-state index contributed by atoms with van der Waals surface area (Å²) in [6, 6.07) is 13.4. The zero-order valence-electron chi connectivity index (χ0n) is 16.8. The van der Waals surface area contributed by atoms with Crippen molar-refractivity contribution in [3.05, 3.63) is 59.1 Å². The molecule has 2 aromatic carbocycles. The van der Waals surface area contributed by atoms with E-state index in [2.05, 4.69) is 16.0 Å². The Morgan fingerprint density at radius 2 is 1.68 bits per heavy atom. The highest BCUT2D eigenvalue weighted by molar-refractivity contribution is 7.80. The minimum atomic E-state index is -0.496. The third kappa shape index (κ3) is 9.12. The molecule has 0 aliphatic carbocycles. The topological polar surface area (TPSA) is 106 Å². The molecule has 10 heteroatoms. The molecule has 0 radical (unpaired) electrons. The Hall–Kier alpha value is -3.01. The van der Waals surface area contributed by atoms with Crippen LogP contribution in [-0.2, 0) is 19.1 Å². The molecular formula is C21H22ClN3O5S. The first-order valence-electron chi connectivity index (χ1n) is 9.30. The molecule has 2 amide bonds. The summed E-state index contributed by atoms with van der Waals surface area (Å²) in [5.41, 5.74) is 1.47. The molecule has 0 atom stereocenters. The van der Waals surface area contributed by atoms with Gasteiger partial charge in [0.1, 0.15) is 6.61 Å². The first-order chi connectivity index (χ1) is 14.9. The van der Waals surface area contributed by atoms with Crippen LogP contribution in [-0.4, -0.2) is 43.2 Å². The lowest BCUT2D eigenvalue weighted by atomic mass is 10.2. The summed E-state index contributed by atoms with van der Waals surface area (Å²) < 4.78 is 9.65. The molecule has 0 aliphatic rings. The van der Waals surface area contributed by atoms with E-state index in [9.17, 15) is 14.4 Å². The van der Waals surface area contributed by atoms with Gasteiger partial charge in [0, 0.05) is 35.5 Å². The Morgan fingerprint density at radius 1 is 0.968 bits per heavy atom. The van der Waals surface area contributed by atoms with Crippen molar-refractivity contribution in [2.45, 2.75) is 12.8 Å². The summed E-state index contributed by atoms with van der Waals surface area (Å²) in [6.07, 6.45) is -0.146. The summed E-state index contributed by atoms with van der Waals surface area (Å²) >= 11 is 11.0. The third-order valence-corrected chi connectivity index (χ3v) is 4.26. The minimum absolute atomic E-state index is 0.0464. The van der Waals surface area contributed by atoms with Gasteiger partial charge in [0.05, 0.1) is 13.0 Å². The molecule has 2 rings (SSSR count). The lowest BCUT2D eigenvalue weighted by Gasteiger charge is -2.11. The van der Waals surface area contributed by atoms with Gasteiger partial charge in [-0.3, -0.25) is 14.4 Å². The highest BCUT2D eigenvalue weighted by atomic mass is 35.5. The lowest BCUT2D eigenvalue weighted by Crippen LogP contribution is -2.34. The molecule has 0 bridgehead atoms. The van der Waals surface area contributed by atoms with Crippen LogP contribution in [0.5, 0.6) is 0 Å². The molecule has 0 saturated carbocycles. The first kappa shape index (κ1) is 24.3. The Kier molecular flexibility index (Phi) is 9.89. The Labute approximate surface area is 190 Å². The molecule has 31 heavy (non-hydrogen) atoms. The van der Waals surface area contributed by atoms with Crippen LogP contribution in [0.3, 0.4) is 0 Å². The van der Waals surface area contributed by atoms with Crippen molar-refractivity contribution in [2.24, 2.45) is 0 Å². The molecule has 8 nitrogen and oxygen atoms in total. The fraction of sp³-hybridized carbons (Fsp3) is 0.238. The standard InChI is InChI=1S/C21H22ClN3O5S/c1-29-10-11-30-19(27)9-8-18(26)25-21(31)24-16-6-2-4-14(12-16)20(28)23-17-7-3-5-15(22)13-17/h2-7,12-13H,8-11H2,1H3,(H,23,28)(H2,24,25,26,31). The van der Waals surface area contributed by atoms with Crippen LogP contribution in [0.4, 0.5) is 11.4 Å². The quantitative estimate of drug-likeness (QED) is 0.297. The van der Waals surface area contributed by atoms with Gasteiger partial charge in [-0.2, -0.15) is 0 Å². The Bertz CT molecular complexity index is 954. The van der Waals surface area contributed by atoms with Crippen molar-refractivity contribution in [3.8, 4) is 0 Å². The van der Waals surface area contributed by atoms with Crippen LogP contribution in [0.1, 0.15) is 23.2 Å². The molecule has 0 saturated heterocycles. The van der Waals surface area contributed by atoms with Gasteiger partial charge in [-0.25, -0.2) is 0 Å². The molecule has 0 aromatic heterocycles. The highest BCUT2D eigenvalue weighted by Crippen LogP contribution is 2.17. The SMILES string of the molecule is COCCOC(=O)CCC(=O)NC(=S)Nc1cccc(C(=O)Nc2cccc(Cl)c2)c1. The summed E-state index contributed by atoms with van der Waals surface area (Å²) in [5, 5.41) is 8.63. The first-order valence-corrected chi connectivity index (χ1v) is 10.1. The number of thiocarbonyl (C=S) groups is 1. The number of carbonyl (C=O) groups excluding carboxylic acids is 3. The van der Waals surface area contributed by atoms with E-state index in [0.29, 0.717) is 28.6 Å². The van der Waals surface area contributed by atoms with Gasteiger partial charge in [-0.05, 0) is 48.6 Å². The maximum Gasteiger partial charge on any atom is 0.306 e. The number of benzene rings is 2. The van der Waals surface area contributed by atoms with Crippen molar-refractivity contribution < 1.29 is 23.9 Å². The number of esters is 1. The van der Waals surface area contributed by atoms with Crippen molar-refractivity contribution in [3.63, 3.8) is 0 Å². The van der Waals surface area contributed by atoms with E-state index in [1.807, 2.05) is 0 Å². The van der Waals surface area contributed by atoms with Gasteiger partial charge in [0.2, 0.25) is 5.91 Å². The van der Waals surface area contributed by atoms with E-state index < -0.39 is 11.9 Å². The summed E-state index contributed by atoms with van der Waals surface area (Å²) in [6.45, 7) is 0.431. The van der Waals surface area contributed by atoms with Crippen LogP contribution in [0.15, 0.2) is 48.5 Å². The molecule has 0 aliphatic heterocycles. The fourth-order valence-electron chi connectivity index (χ4n) is 2.39. The maximum atomic E-state index is 12.4. The minimum Gasteiger partial charge on any atom is -0.463 e. The van der Waals surface area contributed by atoms with Crippen LogP contribution < -0.4 is 16.0 Å². The second-order valence-corrected chi connectivity index (χ2v) is 7.11. The summed E-state index contributed by atoms with van der Waals surface area (Å²) in [5.74, 6) is -1.26. The molecule has 164 valence electrons. The smallest absolute Gasteiger partial charge is 0.306 e. The largest absolute Gasteiger partial charge is 0.463 e. The number of amides is 2. The van der Waals surface area contributed by atoms with E-state index >= 15 is 0 Å². The second-order valence-electron chi connectivity index (χ2n) is 6.26. The number of anilines is 2. The molecule has 0 fully saturated rings. The second kappa shape index (κ2) is 12.6. The van der Waals surface area contributed by atoms with Crippen molar-refractivity contribution in [2.75, 3.05) is 31.0 Å². The third-order valence-electron chi connectivity index (χ3n) is 3.82. The Morgan fingerprint density at radius 3 is 2.39 bits per heavy atom. The average molecular weight is 464 g/mol. The zero-order chi connectivity index (χ0) is 22.6. The number of hydrogen-bond acceptors (Lipinski definition) is 6. The number of hydrogen-bond donors (Lipinski definition) is 3. The van der Waals surface area contributed by atoms with Gasteiger partial charge in [0.25, 0.3) is 5.91 Å². The molecule has 0 unspecified atom stereocenters. The lowest BCUT2D eigenvalue weighted by molar-refractivity contribution is -0.146. The number of ether oxygens (including phenoxy) is 2. The average Bonchev–Trinajstić information content (AvgIpc) is 2.72. The number of methoxy groups -OCH3 is 1. The van der Waals surface area contributed by atoms with Crippen LogP contribution in [0.2, 0.25) is 5.02 Å². The molecule has 3 N–H and O–H groups in total. The van der Waals surface area contributed by atoms with Crippen molar-refractivity contribution in [1.82, 2.24) is 5.32 Å². The van der Waals surface area contributed by atoms with E-state index in [1.54, 1.807) is 48.5 Å². The molecule has 0 spiro atoms. The van der Waals surface area contributed by atoms with Crippen LogP contribution >= 0.6 is 23.8 Å². The predicted octanol–water partition coefficient (Wildman–Crippen LogP) is 3.38. The summed E-state index contributed by atoms with van der Waals surface area (Å²) in [7, 11) is 1.50. The predicted molar refractivity (Wildman–Crippen MR) is 122 cm³/mol. The summed E-state index contributed by atoms with van der Waals surface area (Å²) in [4.78, 5) is 35.9. The van der Waals surface area contributed by atoms with Gasteiger partial charge in [0.15, 0.2) is 5.11 Å². The van der Waals surface area contributed by atoms with E-state index in [0.717, 1.165) is 0 Å². The van der Waals surface area contributed by atoms with E-state index in [-0.39, 0.29) is 30.5 Å². The maximum absolute atomic E-state index is 12.4. The van der Waals surface area contributed by atoms with Gasteiger partial charge in [-0.15, -0.1) is 0 Å². The molecule has 2 aromatic rings. The number of carbonyl (C=O) groups is 3. The monoisotopic (exact) mass is 463 g/mol. The van der Waals surface area contributed by atoms with E-state index in [4.69, 9.17) is 33.3 Å². The molecular weight excluding hydrogens is 442 g/mol. The van der Waals surface area contributed by atoms with Gasteiger partial charge < -0.3 is 25.4 Å². The highest BCUT2D eigenvalue weighted by Gasteiger charge is 2.11. The normalized spacial score (nSPS) is 10.1. The molecule has 0 heterocycles. The number of halogens is 1. The van der Waals surface area contributed by atoms with E-state index in [1.165, 1.54) is 7.11 Å². The number of nitrogens with one attached hydrogen (secondary N) is 3. The van der Waals surface area contributed by atoms with Gasteiger partial charge in [-0.1, -0.05) is 23.7 Å². The van der Waals surface area contributed by atoms with Gasteiger partial charge >= 0.3 is 5.97 Å². The fourth-order valence-corrected chi connectivity index (χ4v) is 2.81. The van der Waals surface area contributed by atoms with Crippen LogP contribution in [0, 0.1) is 0 Å². The van der Waals surface area contributed by atoms with Crippen molar-refractivity contribution >= 4 is 58.1 Å².